The minimum Gasteiger partial charge on any atom is -0.375 e. The largest absolute Gasteiger partial charge is 0.375 e. The maximum Gasteiger partial charge on any atom is 0.249 e. The number of thiazole rings is 1. The van der Waals surface area contributed by atoms with Crippen LogP contribution in [0.5, 0.6) is 0 Å². The number of alkyl halides is 1. The molecule has 0 aliphatic carbocycles. The Labute approximate surface area is 198 Å². The number of nitrogens with zero attached hydrogens (tertiary/aromatic N) is 4. The molecule has 0 bridgehead atoms. The molecule has 3 rings (SSSR count). The molecule has 2 heterocycles. The fourth-order valence-corrected chi connectivity index (χ4v) is 4.41. The average Bonchev–Trinajstić information content (AvgIpc) is 3.50. The first-order chi connectivity index (χ1) is 16.0. The second kappa shape index (κ2) is 12.0. The lowest BCUT2D eigenvalue weighted by atomic mass is 9.96. The van der Waals surface area contributed by atoms with Crippen molar-refractivity contribution >= 4 is 17.2 Å². The Morgan fingerprint density at radius 3 is 2.70 bits per heavy atom. The van der Waals surface area contributed by atoms with E-state index in [-0.39, 0.29) is 31.5 Å². The molecule has 1 aromatic carbocycles. The van der Waals surface area contributed by atoms with Crippen molar-refractivity contribution in [1.29, 1.82) is 0 Å². The predicted molar refractivity (Wildman–Crippen MR) is 129 cm³/mol. The van der Waals surface area contributed by atoms with E-state index in [1.807, 2.05) is 46.5 Å². The Balaban J connectivity index is 2.11. The summed E-state index contributed by atoms with van der Waals surface area (Å²) < 4.78 is 21.7. The fourth-order valence-electron chi connectivity index (χ4n) is 3.82. The first-order valence-corrected chi connectivity index (χ1v) is 12.0. The van der Waals surface area contributed by atoms with E-state index in [4.69, 9.17) is 15.5 Å². The highest BCUT2D eigenvalue weighted by Gasteiger charge is 2.34. The van der Waals surface area contributed by atoms with Crippen molar-refractivity contribution in [3.8, 4) is 10.7 Å². The molecule has 0 aliphatic heterocycles. The van der Waals surface area contributed by atoms with Crippen LogP contribution in [0.1, 0.15) is 37.7 Å². The number of ether oxygens (including phenoxy) is 1. The van der Waals surface area contributed by atoms with Crippen LogP contribution < -0.4 is 5.73 Å². The normalized spacial score (nSPS) is 14.1. The van der Waals surface area contributed by atoms with Gasteiger partial charge in [-0.2, -0.15) is 0 Å². The number of rotatable bonds is 12. The maximum atomic E-state index is 14.5. The highest BCUT2D eigenvalue weighted by molar-refractivity contribution is 7.13. The van der Waals surface area contributed by atoms with E-state index in [9.17, 15) is 9.18 Å². The monoisotopic (exact) mass is 473 g/mol. The van der Waals surface area contributed by atoms with Gasteiger partial charge in [-0.3, -0.25) is 4.79 Å². The molecule has 1 unspecified atom stereocenters. The summed E-state index contributed by atoms with van der Waals surface area (Å²) in [5, 5.41) is 2.70. The summed E-state index contributed by atoms with van der Waals surface area (Å²) in [7, 11) is 1.46. The van der Waals surface area contributed by atoms with E-state index >= 15 is 0 Å². The van der Waals surface area contributed by atoms with Crippen LogP contribution in [-0.2, 0) is 16.1 Å². The minimum atomic E-state index is -1.34. The lowest BCUT2D eigenvalue weighted by Gasteiger charge is -2.36. The van der Waals surface area contributed by atoms with Gasteiger partial charge in [-0.1, -0.05) is 50.6 Å². The van der Waals surface area contributed by atoms with Crippen molar-refractivity contribution in [2.45, 2.75) is 39.0 Å². The second-order valence-electron chi connectivity index (χ2n) is 8.08. The maximum absolute atomic E-state index is 14.5. The summed E-state index contributed by atoms with van der Waals surface area (Å²) in [6, 6.07) is 9.60. The number of nitrogens with two attached hydrogens (primary N) is 1. The topological polar surface area (TPSA) is 86.3 Å². The molecule has 0 aliphatic rings. The summed E-state index contributed by atoms with van der Waals surface area (Å²) in [6.07, 6.45) is 3.15. The van der Waals surface area contributed by atoms with Crippen LogP contribution in [0.15, 0.2) is 48.1 Å². The van der Waals surface area contributed by atoms with Crippen LogP contribution in [0.4, 0.5) is 4.39 Å². The van der Waals surface area contributed by atoms with Gasteiger partial charge in [0.1, 0.15) is 29.3 Å². The number of carbonyl (C=O) groups excluding carboxylic acids is 1. The lowest BCUT2D eigenvalue weighted by molar-refractivity contribution is -0.140. The van der Waals surface area contributed by atoms with Crippen molar-refractivity contribution in [2.75, 3.05) is 26.8 Å². The highest BCUT2D eigenvalue weighted by atomic mass is 32.1. The van der Waals surface area contributed by atoms with Crippen LogP contribution in [0.3, 0.4) is 0 Å². The van der Waals surface area contributed by atoms with Crippen molar-refractivity contribution in [3.63, 3.8) is 0 Å². The van der Waals surface area contributed by atoms with Gasteiger partial charge in [0.15, 0.2) is 0 Å². The first-order valence-electron chi connectivity index (χ1n) is 11.1. The summed E-state index contributed by atoms with van der Waals surface area (Å²) in [6.45, 7) is 4.27. The third-order valence-corrected chi connectivity index (χ3v) is 6.47. The Morgan fingerprint density at radius 1 is 1.33 bits per heavy atom. The van der Waals surface area contributed by atoms with E-state index in [0.717, 1.165) is 22.7 Å². The van der Waals surface area contributed by atoms with E-state index in [2.05, 4.69) is 18.8 Å². The zero-order valence-electron chi connectivity index (χ0n) is 19.4. The molecule has 0 saturated heterocycles. The molecule has 0 radical (unpaired) electrons. The van der Waals surface area contributed by atoms with Gasteiger partial charge in [-0.25, -0.2) is 14.4 Å². The molecule has 2 aromatic heterocycles. The number of halogens is 1. The Morgan fingerprint density at radius 2 is 2.09 bits per heavy atom. The van der Waals surface area contributed by atoms with Gasteiger partial charge >= 0.3 is 0 Å². The van der Waals surface area contributed by atoms with Crippen LogP contribution in [0.2, 0.25) is 0 Å². The van der Waals surface area contributed by atoms with Gasteiger partial charge in [-0.15, -0.1) is 11.3 Å². The number of hydrogen-bond donors (Lipinski definition) is 1. The predicted octanol–water partition coefficient (Wildman–Crippen LogP) is 3.91. The van der Waals surface area contributed by atoms with Crippen molar-refractivity contribution in [1.82, 2.24) is 19.4 Å². The number of benzene rings is 1. The van der Waals surface area contributed by atoms with Crippen LogP contribution in [0.25, 0.3) is 10.7 Å². The molecule has 7 nitrogen and oxygen atoms in total. The summed E-state index contributed by atoms with van der Waals surface area (Å²) in [5.74, 6) is 0.438. The molecule has 9 heteroatoms. The SMILES string of the molecule is CCC(C)[C@H](c1nc(-c2nccs2)cn1Cc1ccccc1)N(C[C@@H](F)CN)C(=O)COC. The number of hydrogen-bond acceptors (Lipinski definition) is 6. The fraction of sp³-hybridized carbons (Fsp3) is 0.458. The smallest absolute Gasteiger partial charge is 0.249 e. The van der Waals surface area contributed by atoms with E-state index < -0.39 is 12.2 Å². The number of amides is 1. The van der Waals surface area contributed by atoms with Crippen molar-refractivity contribution in [3.05, 3.63) is 59.5 Å². The lowest BCUT2D eigenvalue weighted by Crippen LogP contribution is -2.45. The Bertz CT molecular complexity index is 996. The highest BCUT2D eigenvalue weighted by Crippen LogP contribution is 2.34. The molecule has 0 fully saturated rings. The molecule has 1 amide bonds. The molecule has 3 aromatic rings. The first kappa shape index (κ1) is 25.0. The van der Waals surface area contributed by atoms with Crippen molar-refractivity contribution in [2.24, 2.45) is 11.7 Å². The average molecular weight is 474 g/mol. The summed E-state index contributed by atoms with van der Waals surface area (Å²) >= 11 is 1.50. The molecular formula is C24H32FN5O2S. The van der Waals surface area contributed by atoms with Crippen molar-refractivity contribution < 1.29 is 13.9 Å². The molecule has 33 heavy (non-hydrogen) atoms. The zero-order valence-corrected chi connectivity index (χ0v) is 20.2. The summed E-state index contributed by atoms with van der Waals surface area (Å²) in [4.78, 5) is 24.0. The Kier molecular flexibility index (Phi) is 9.11. The third-order valence-electron chi connectivity index (χ3n) is 5.68. The molecule has 2 N–H and O–H groups in total. The van der Waals surface area contributed by atoms with E-state index in [0.29, 0.717) is 12.4 Å². The van der Waals surface area contributed by atoms with Crippen LogP contribution in [0, 0.1) is 5.92 Å². The molecule has 0 saturated carbocycles. The summed E-state index contributed by atoms with van der Waals surface area (Å²) in [5.41, 5.74) is 7.41. The van der Waals surface area contributed by atoms with Gasteiger partial charge in [-0.05, 0) is 11.5 Å². The van der Waals surface area contributed by atoms with Gasteiger partial charge < -0.3 is 19.9 Å². The standard InChI is InChI=1S/C24H32FN5O2S/c1-4-17(2)22(30(14-19(25)12-26)21(31)16-32-3)23-28-20(24-27-10-11-33-24)15-29(23)13-18-8-6-5-7-9-18/h5-11,15,17,19,22H,4,12-14,16,26H2,1-3H3/t17?,19-,22+/m0/s1. The van der Waals surface area contributed by atoms with Crippen LogP contribution >= 0.6 is 11.3 Å². The van der Waals surface area contributed by atoms with Crippen LogP contribution in [-0.4, -0.2) is 58.3 Å². The number of carbonyl (C=O) groups is 1. The number of methoxy groups -OCH3 is 1. The van der Waals surface area contributed by atoms with Gasteiger partial charge in [0, 0.05) is 38.0 Å². The van der Waals surface area contributed by atoms with E-state index in [1.165, 1.54) is 18.4 Å². The minimum absolute atomic E-state index is 0.0249. The number of imidazole rings is 1. The number of aromatic nitrogens is 3. The quantitative estimate of drug-likeness (QED) is 0.431. The van der Waals surface area contributed by atoms with Gasteiger partial charge in [0.05, 0.1) is 12.6 Å². The molecular weight excluding hydrogens is 441 g/mol. The Hall–Kier alpha value is -2.62. The molecule has 0 spiro atoms. The molecule has 178 valence electrons. The van der Waals surface area contributed by atoms with E-state index in [1.54, 1.807) is 11.1 Å². The molecule has 3 atom stereocenters. The van der Waals surface area contributed by atoms with Gasteiger partial charge in [0.2, 0.25) is 5.91 Å². The van der Waals surface area contributed by atoms with Gasteiger partial charge in [0.25, 0.3) is 0 Å². The third kappa shape index (κ3) is 6.25. The zero-order chi connectivity index (χ0) is 23.8. The second-order valence-corrected chi connectivity index (χ2v) is 8.97.